The molecule has 0 atom stereocenters. The van der Waals surface area contributed by atoms with Crippen LogP contribution in [0.15, 0.2) is 0 Å². The molecule has 1 aliphatic rings. The van der Waals surface area contributed by atoms with Crippen LogP contribution in [0.25, 0.3) is 0 Å². The highest BCUT2D eigenvalue weighted by Gasteiger charge is 2.22. The maximum atomic E-state index is 4.83. The Morgan fingerprint density at radius 1 is 1.44 bits per heavy atom. The van der Waals surface area contributed by atoms with Crippen LogP contribution in [-0.4, -0.2) is 24.6 Å². The molecule has 18 heavy (non-hydrogen) atoms. The first-order valence-corrected chi connectivity index (χ1v) is 7.87. The first-order valence-electron chi connectivity index (χ1n) is 7.06. The number of rotatable bonds is 7. The van der Waals surface area contributed by atoms with Crippen molar-refractivity contribution < 1.29 is 0 Å². The summed E-state index contributed by atoms with van der Waals surface area (Å²) in [6.07, 6.45) is 3.86. The standard InChI is InChI=1S/C14H25N3S/c1-5-8-17(4)14-16-13(10(2)3)12(18-14)9-15-11-6-7-11/h10-11,15H,5-9H2,1-4H3. The summed E-state index contributed by atoms with van der Waals surface area (Å²) in [6, 6.07) is 0.768. The predicted molar refractivity (Wildman–Crippen MR) is 79.6 cm³/mol. The monoisotopic (exact) mass is 267 g/mol. The summed E-state index contributed by atoms with van der Waals surface area (Å²) in [4.78, 5) is 8.53. The lowest BCUT2D eigenvalue weighted by atomic mass is 10.1. The molecule has 1 fully saturated rings. The van der Waals surface area contributed by atoms with Gasteiger partial charge in [0.15, 0.2) is 5.13 Å². The minimum Gasteiger partial charge on any atom is -0.351 e. The van der Waals surface area contributed by atoms with Gasteiger partial charge in [-0.05, 0) is 25.2 Å². The van der Waals surface area contributed by atoms with E-state index in [1.54, 1.807) is 0 Å². The molecular formula is C14H25N3S. The molecule has 0 aromatic carbocycles. The zero-order valence-electron chi connectivity index (χ0n) is 12.0. The lowest BCUT2D eigenvalue weighted by molar-refractivity contribution is 0.680. The van der Waals surface area contributed by atoms with Gasteiger partial charge in [-0.1, -0.05) is 20.8 Å². The number of nitrogens with one attached hydrogen (secondary N) is 1. The Labute approximate surface area is 115 Å². The Bertz CT molecular complexity index is 382. The molecule has 0 unspecified atom stereocenters. The van der Waals surface area contributed by atoms with E-state index in [0.29, 0.717) is 5.92 Å². The van der Waals surface area contributed by atoms with Gasteiger partial charge >= 0.3 is 0 Å². The van der Waals surface area contributed by atoms with Crippen molar-refractivity contribution in [2.45, 2.75) is 58.5 Å². The maximum absolute atomic E-state index is 4.83. The number of hydrogen-bond acceptors (Lipinski definition) is 4. The molecule has 1 aliphatic carbocycles. The van der Waals surface area contributed by atoms with E-state index in [4.69, 9.17) is 4.98 Å². The number of thiazole rings is 1. The van der Waals surface area contributed by atoms with E-state index in [9.17, 15) is 0 Å². The molecule has 1 N–H and O–H groups in total. The fraction of sp³-hybridized carbons (Fsp3) is 0.786. The van der Waals surface area contributed by atoms with Crippen LogP contribution in [0.2, 0.25) is 0 Å². The topological polar surface area (TPSA) is 28.2 Å². The summed E-state index contributed by atoms with van der Waals surface area (Å²) in [7, 11) is 2.14. The summed E-state index contributed by atoms with van der Waals surface area (Å²) in [5.74, 6) is 0.515. The Hall–Kier alpha value is -0.610. The zero-order valence-corrected chi connectivity index (χ0v) is 12.8. The minimum absolute atomic E-state index is 0.515. The van der Waals surface area contributed by atoms with Crippen molar-refractivity contribution in [2.24, 2.45) is 0 Å². The van der Waals surface area contributed by atoms with Crippen molar-refractivity contribution in [3.8, 4) is 0 Å². The molecular weight excluding hydrogens is 242 g/mol. The highest BCUT2D eigenvalue weighted by atomic mass is 32.1. The summed E-state index contributed by atoms with van der Waals surface area (Å²) >= 11 is 1.86. The van der Waals surface area contributed by atoms with Crippen molar-refractivity contribution in [3.63, 3.8) is 0 Å². The largest absolute Gasteiger partial charge is 0.351 e. The molecule has 4 heteroatoms. The fourth-order valence-corrected chi connectivity index (χ4v) is 3.20. The molecule has 0 amide bonds. The van der Waals surface area contributed by atoms with E-state index in [1.807, 2.05) is 11.3 Å². The Morgan fingerprint density at radius 3 is 2.72 bits per heavy atom. The smallest absolute Gasteiger partial charge is 0.185 e. The van der Waals surface area contributed by atoms with E-state index in [0.717, 1.165) is 19.1 Å². The maximum Gasteiger partial charge on any atom is 0.185 e. The highest BCUT2D eigenvalue weighted by Crippen LogP contribution is 2.31. The molecule has 0 aliphatic heterocycles. The molecule has 1 aromatic heterocycles. The SMILES string of the molecule is CCCN(C)c1nc(C(C)C)c(CNC2CC2)s1. The highest BCUT2D eigenvalue weighted by molar-refractivity contribution is 7.15. The quantitative estimate of drug-likeness (QED) is 0.821. The van der Waals surface area contributed by atoms with Crippen LogP contribution in [0.4, 0.5) is 5.13 Å². The Morgan fingerprint density at radius 2 is 2.17 bits per heavy atom. The summed E-state index contributed by atoms with van der Waals surface area (Å²) in [5.41, 5.74) is 1.28. The van der Waals surface area contributed by atoms with Crippen LogP contribution in [-0.2, 0) is 6.54 Å². The number of hydrogen-bond donors (Lipinski definition) is 1. The van der Waals surface area contributed by atoms with Crippen molar-refractivity contribution >= 4 is 16.5 Å². The lowest BCUT2D eigenvalue weighted by Gasteiger charge is -2.13. The van der Waals surface area contributed by atoms with Crippen molar-refractivity contribution in [1.29, 1.82) is 0 Å². The van der Waals surface area contributed by atoms with E-state index >= 15 is 0 Å². The van der Waals surface area contributed by atoms with Gasteiger partial charge in [0.1, 0.15) is 0 Å². The van der Waals surface area contributed by atoms with Gasteiger partial charge in [0.05, 0.1) is 5.69 Å². The average molecular weight is 267 g/mol. The third kappa shape index (κ3) is 3.45. The van der Waals surface area contributed by atoms with E-state index in [2.05, 4.69) is 38.0 Å². The van der Waals surface area contributed by atoms with Crippen LogP contribution >= 0.6 is 11.3 Å². The predicted octanol–water partition coefficient (Wildman–Crippen LogP) is 3.36. The molecule has 3 nitrogen and oxygen atoms in total. The second kappa shape index (κ2) is 6.02. The van der Waals surface area contributed by atoms with Gasteiger partial charge in [0.25, 0.3) is 0 Å². The van der Waals surface area contributed by atoms with Crippen molar-refractivity contribution in [2.75, 3.05) is 18.5 Å². The molecule has 0 spiro atoms. The molecule has 102 valence electrons. The van der Waals surface area contributed by atoms with Crippen LogP contribution in [0.1, 0.15) is 56.5 Å². The first-order chi connectivity index (χ1) is 8.61. The van der Waals surface area contributed by atoms with E-state index in [1.165, 1.54) is 35.0 Å². The van der Waals surface area contributed by atoms with Crippen LogP contribution in [0.5, 0.6) is 0 Å². The van der Waals surface area contributed by atoms with Gasteiger partial charge in [-0.3, -0.25) is 0 Å². The van der Waals surface area contributed by atoms with Crippen LogP contribution in [0, 0.1) is 0 Å². The zero-order chi connectivity index (χ0) is 13.1. The number of aromatic nitrogens is 1. The third-order valence-corrected chi connectivity index (χ3v) is 4.46. The Kier molecular flexibility index (Phi) is 4.62. The van der Waals surface area contributed by atoms with Gasteiger partial charge in [-0.25, -0.2) is 4.98 Å². The average Bonchev–Trinajstić information content (AvgIpc) is 3.04. The van der Waals surface area contributed by atoms with E-state index < -0.39 is 0 Å². The molecule has 0 bridgehead atoms. The lowest BCUT2D eigenvalue weighted by Crippen LogP contribution is -2.17. The minimum atomic E-state index is 0.515. The van der Waals surface area contributed by atoms with Gasteiger partial charge in [-0.15, -0.1) is 11.3 Å². The second-order valence-corrected chi connectivity index (χ2v) is 6.60. The normalized spacial score (nSPS) is 15.4. The van der Waals surface area contributed by atoms with Crippen LogP contribution < -0.4 is 10.2 Å². The third-order valence-electron chi connectivity index (χ3n) is 3.28. The second-order valence-electron chi connectivity index (χ2n) is 5.54. The van der Waals surface area contributed by atoms with Crippen molar-refractivity contribution in [3.05, 3.63) is 10.6 Å². The molecule has 1 aromatic rings. The van der Waals surface area contributed by atoms with Crippen LogP contribution in [0.3, 0.4) is 0 Å². The summed E-state index contributed by atoms with van der Waals surface area (Å²) in [6.45, 7) is 8.76. The molecule has 0 radical (unpaired) electrons. The fourth-order valence-electron chi connectivity index (χ4n) is 2.05. The van der Waals surface area contributed by atoms with Gasteiger partial charge in [0, 0.05) is 31.1 Å². The molecule has 2 rings (SSSR count). The molecule has 1 saturated carbocycles. The van der Waals surface area contributed by atoms with Crippen molar-refractivity contribution in [1.82, 2.24) is 10.3 Å². The summed E-state index contributed by atoms with van der Waals surface area (Å²) in [5, 5.41) is 4.78. The summed E-state index contributed by atoms with van der Waals surface area (Å²) < 4.78 is 0. The van der Waals surface area contributed by atoms with E-state index in [-0.39, 0.29) is 0 Å². The van der Waals surface area contributed by atoms with Gasteiger partial charge in [0.2, 0.25) is 0 Å². The molecule has 1 heterocycles. The Balaban J connectivity index is 2.09. The number of nitrogens with zero attached hydrogens (tertiary/aromatic N) is 2. The van der Waals surface area contributed by atoms with Gasteiger partial charge < -0.3 is 10.2 Å². The molecule has 0 saturated heterocycles. The number of anilines is 1. The van der Waals surface area contributed by atoms with Gasteiger partial charge in [-0.2, -0.15) is 0 Å². The first kappa shape index (κ1) is 13.8.